The molecule has 0 amide bonds. The lowest BCUT2D eigenvalue weighted by Crippen LogP contribution is -2.43. The van der Waals surface area contributed by atoms with Gasteiger partial charge in [0, 0.05) is 74.0 Å². The maximum atomic E-state index is 13.0. The van der Waals surface area contributed by atoms with E-state index in [0.717, 1.165) is 53.9 Å². The van der Waals surface area contributed by atoms with Crippen LogP contribution in [0.15, 0.2) is 61.2 Å². The third-order valence-corrected chi connectivity index (χ3v) is 5.58. The number of nitrogens with zero attached hydrogens (tertiary/aromatic N) is 5. The van der Waals surface area contributed by atoms with E-state index in [1.54, 1.807) is 16.9 Å². The first kappa shape index (κ1) is 18.2. The molecule has 1 saturated heterocycles. The zero-order valence-electron chi connectivity index (χ0n) is 18.4. The van der Waals surface area contributed by atoms with Gasteiger partial charge in [0.25, 0.3) is 0 Å². The Morgan fingerprint density at radius 1 is 1.10 bits per heavy atom. The van der Waals surface area contributed by atoms with Crippen LogP contribution in [-0.4, -0.2) is 51.7 Å². The number of Topliss-reactive ketones (excluding diaryl/α,β-unsaturated/α-hetero) is 1. The molecular weight excluding hydrogens is 388 g/mol. The number of anilines is 1. The van der Waals surface area contributed by atoms with Crippen LogP contribution in [0.2, 0.25) is 0 Å². The molecule has 156 valence electrons. The van der Waals surface area contributed by atoms with Crippen LogP contribution in [0, 0.1) is 0 Å². The van der Waals surface area contributed by atoms with Gasteiger partial charge in [0.1, 0.15) is 5.82 Å². The average Bonchev–Trinajstić information content (AvgIpc) is 3.26. The van der Waals surface area contributed by atoms with Gasteiger partial charge in [-0.1, -0.05) is 12.1 Å². The second-order valence-electron chi connectivity index (χ2n) is 7.80. The number of benzene rings is 1. The molecule has 0 spiro atoms. The zero-order valence-corrected chi connectivity index (χ0v) is 17.4. The molecule has 1 aliphatic heterocycles. The Morgan fingerprint density at radius 3 is 2.77 bits per heavy atom. The molecule has 4 heterocycles. The van der Waals surface area contributed by atoms with Gasteiger partial charge in [-0.2, -0.15) is 5.10 Å². The summed E-state index contributed by atoms with van der Waals surface area (Å²) in [6.07, 6.45) is 5.78. The lowest BCUT2D eigenvalue weighted by Gasteiger charge is -2.28. The Morgan fingerprint density at radius 2 is 1.97 bits per heavy atom. The van der Waals surface area contributed by atoms with Gasteiger partial charge in [-0.05, 0) is 35.2 Å². The SMILES string of the molecule is [2H]c1nc(CC(=O)c2ccnc(N3CCNCC3)c2)cc2cc(-c3cnn(C)c3)ccc12. The van der Waals surface area contributed by atoms with E-state index in [4.69, 9.17) is 1.37 Å². The molecule has 7 heteroatoms. The van der Waals surface area contributed by atoms with Gasteiger partial charge in [-0.3, -0.25) is 14.5 Å². The minimum atomic E-state index is -0.0292. The topological polar surface area (TPSA) is 75.9 Å². The number of piperazine rings is 1. The third-order valence-electron chi connectivity index (χ3n) is 5.58. The number of fused-ring (bicyclic) bond motifs is 1. The second-order valence-corrected chi connectivity index (χ2v) is 7.80. The van der Waals surface area contributed by atoms with Crippen LogP contribution >= 0.6 is 0 Å². The highest BCUT2D eigenvalue weighted by atomic mass is 16.1. The molecule has 0 unspecified atom stereocenters. The predicted molar refractivity (Wildman–Crippen MR) is 121 cm³/mol. The minimum Gasteiger partial charge on any atom is -0.354 e. The van der Waals surface area contributed by atoms with Crippen molar-refractivity contribution >= 4 is 22.4 Å². The van der Waals surface area contributed by atoms with Crippen molar-refractivity contribution in [3.63, 3.8) is 0 Å². The highest BCUT2D eigenvalue weighted by Crippen LogP contribution is 2.24. The first-order valence-corrected chi connectivity index (χ1v) is 10.4. The van der Waals surface area contributed by atoms with Crippen molar-refractivity contribution in [3.05, 3.63) is 72.4 Å². The number of ketones is 1. The minimum absolute atomic E-state index is 0.0292. The number of nitrogens with one attached hydrogen (secondary N) is 1. The van der Waals surface area contributed by atoms with Gasteiger partial charge in [0.05, 0.1) is 14.0 Å². The Hall–Kier alpha value is -3.58. The van der Waals surface area contributed by atoms with Crippen molar-refractivity contribution in [1.29, 1.82) is 0 Å². The van der Waals surface area contributed by atoms with Crippen molar-refractivity contribution < 1.29 is 6.17 Å². The standard InChI is InChI=1S/C24H24N6O/c1-29-16-21(15-28-29)17-2-3-19-14-27-22(11-20(19)10-17)13-23(31)18-4-5-26-24(12-18)30-8-6-25-7-9-30/h2-5,10-12,14-16,25H,6-9,13H2,1H3/i14D. The van der Waals surface area contributed by atoms with Crippen LogP contribution in [0.3, 0.4) is 0 Å². The van der Waals surface area contributed by atoms with Gasteiger partial charge in [0.15, 0.2) is 5.78 Å². The summed E-state index contributed by atoms with van der Waals surface area (Å²) in [5.74, 6) is 0.796. The van der Waals surface area contributed by atoms with Gasteiger partial charge in [-0.25, -0.2) is 4.98 Å². The number of hydrogen-bond acceptors (Lipinski definition) is 6. The van der Waals surface area contributed by atoms with Crippen molar-refractivity contribution in [2.75, 3.05) is 31.1 Å². The number of aryl methyl sites for hydroxylation is 1. The van der Waals surface area contributed by atoms with E-state index >= 15 is 0 Å². The Kier molecular flexibility index (Phi) is 4.86. The predicted octanol–water partition coefficient (Wildman–Crippen LogP) is 2.87. The highest BCUT2D eigenvalue weighted by Gasteiger charge is 2.15. The fraction of sp³-hybridized carbons (Fsp3) is 0.250. The summed E-state index contributed by atoms with van der Waals surface area (Å²) in [6, 6.07) is 11.4. The molecule has 0 aliphatic carbocycles. The summed E-state index contributed by atoms with van der Waals surface area (Å²) >= 11 is 0. The van der Waals surface area contributed by atoms with Crippen molar-refractivity contribution in [2.45, 2.75) is 6.42 Å². The molecular formula is C24H24N6O. The van der Waals surface area contributed by atoms with Crippen LogP contribution in [0.25, 0.3) is 21.9 Å². The van der Waals surface area contributed by atoms with Crippen molar-refractivity contribution in [1.82, 2.24) is 25.1 Å². The van der Waals surface area contributed by atoms with Gasteiger partial charge in [0.2, 0.25) is 0 Å². The second kappa shape index (κ2) is 8.28. The van der Waals surface area contributed by atoms with Crippen molar-refractivity contribution in [2.24, 2.45) is 7.05 Å². The van der Waals surface area contributed by atoms with Gasteiger partial charge in [-0.15, -0.1) is 0 Å². The van der Waals surface area contributed by atoms with Gasteiger partial charge >= 0.3 is 0 Å². The lowest BCUT2D eigenvalue weighted by molar-refractivity contribution is 0.0992. The molecule has 1 aliphatic rings. The first-order valence-electron chi connectivity index (χ1n) is 10.9. The number of carbonyl (C=O) groups excluding carboxylic acids is 1. The summed E-state index contributed by atoms with van der Waals surface area (Å²) in [4.78, 5) is 24.0. The smallest absolute Gasteiger partial charge is 0.169 e. The van der Waals surface area contributed by atoms with Crippen LogP contribution < -0.4 is 10.2 Å². The number of rotatable bonds is 5. The maximum absolute atomic E-state index is 13.0. The molecule has 31 heavy (non-hydrogen) atoms. The third kappa shape index (κ3) is 4.18. The summed E-state index contributed by atoms with van der Waals surface area (Å²) in [5, 5.41) is 9.21. The molecule has 3 aromatic heterocycles. The number of aromatic nitrogens is 4. The summed E-state index contributed by atoms with van der Waals surface area (Å²) in [5.41, 5.74) is 3.23. The Labute approximate surface area is 182 Å². The molecule has 0 bridgehead atoms. The number of hydrogen-bond donors (Lipinski definition) is 1. The highest BCUT2D eigenvalue weighted by molar-refractivity contribution is 5.98. The van der Waals surface area contributed by atoms with E-state index in [1.165, 1.54) is 0 Å². The van der Waals surface area contributed by atoms with E-state index in [-0.39, 0.29) is 18.4 Å². The summed E-state index contributed by atoms with van der Waals surface area (Å²) in [6.45, 7) is 3.57. The average molecular weight is 414 g/mol. The van der Waals surface area contributed by atoms with Crippen LogP contribution in [0.1, 0.15) is 17.4 Å². The molecule has 1 fully saturated rings. The van der Waals surface area contributed by atoms with Crippen LogP contribution in [-0.2, 0) is 13.5 Å². The summed E-state index contributed by atoms with van der Waals surface area (Å²) in [7, 11) is 1.88. The number of carbonyl (C=O) groups is 1. The van der Waals surface area contributed by atoms with E-state index in [0.29, 0.717) is 11.3 Å². The quantitative estimate of drug-likeness (QED) is 0.507. The Bertz CT molecular complexity index is 1290. The zero-order chi connectivity index (χ0) is 22.1. The molecule has 4 aromatic rings. The number of pyridine rings is 2. The van der Waals surface area contributed by atoms with E-state index in [2.05, 4.69) is 25.3 Å². The molecule has 5 rings (SSSR count). The van der Waals surface area contributed by atoms with Crippen LogP contribution in [0.5, 0.6) is 0 Å². The first-order chi connectivity index (χ1) is 15.6. The maximum Gasteiger partial charge on any atom is 0.169 e. The molecule has 7 nitrogen and oxygen atoms in total. The lowest BCUT2D eigenvalue weighted by atomic mass is 10.0. The fourth-order valence-electron chi connectivity index (χ4n) is 3.89. The molecule has 0 saturated carbocycles. The van der Waals surface area contributed by atoms with Crippen molar-refractivity contribution in [3.8, 4) is 11.1 Å². The molecule has 0 atom stereocenters. The summed E-state index contributed by atoms with van der Waals surface area (Å²) < 4.78 is 10.1. The van der Waals surface area contributed by atoms with E-state index in [1.807, 2.05) is 49.8 Å². The van der Waals surface area contributed by atoms with E-state index in [9.17, 15) is 4.79 Å². The molecule has 0 radical (unpaired) electrons. The fourth-order valence-corrected chi connectivity index (χ4v) is 3.89. The van der Waals surface area contributed by atoms with E-state index < -0.39 is 0 Å². The van der Waals surface area contributed by atoms with Crippen LogP contribution in [0.4, 0.5) is 5.82 Å². The molecule has 1 N–H and O–H groups in total. The van der Waals surface area contributed by atoms with Gasteiger partial charge < -0.3 is 10.2 Å². The largest absolute Gasteiger partial charge is 0.354 e. The normalized spacial score (nSPS) is 14.6. The Balaban J connectivity index is 1.41. The monoisotopic (exact) mass is 413 g/mol. The molecule has 1 aromatic carbocycles.